The zero-order valence-corrected chi connectivity index (χ0v) is 12.7. The zero-order valence-electron chi connectivity index (χ0n) is 11.9. The highest BCUT2D eigenvalue weighted by atomic mass is 35.5. The first-order valence-electron chi connectivity index (χ1n) is 7.09. The normalized spacial score (nSPS) is 16.2. The summed E-state index contributed by atoms with van der Waals surface area (Å²) in [5.74, 6) is 2.54. The maximum absolute atomic E-state index is 5.97. The first-order valence-corrected chi connectivity index (χ1v) is 7.62. The van der Waals surface area contributed by atoms with E-state index in [1.807, 2.05) is 0 Å². The lowest BCUT2D eigenvalue weighted by molar-refractivity contribution is 0.305. The second-order valence-corrected chi connectivity index (χ2v) is 6.55. The van der Waals surface area contributed by atoms with Crippen molar-refractivity contribution in [2.45, 2.75) is 45.6 Å². The predicted molar refractivity (Wildman–Crippen MR) is 80.9 cm³/mol. The smallest absolute Gasteiger partial charge is 0.111 e. The summed E-state index contributed by atoms with van der Waals surface area (Å²) in [5.41, 5.74) is 3.79. The lowest BCUT2D eigenvalue weighted by atomic mass is 9.97. The summed E-state index contributed by atoms with van der Waals surface area (Å²) in [7, 11) is 0. The molecule has 0 N–H and O–H groups in total. The Kier molecular flexibility index (Phi) is 3.09. The summed E-state index contributed by atoms with van der Waals surface area (Å²) < 4.78 is 2.44. The van der Waals surface area contributed by atoms with Gasteiger partial charge in [0.05, 0.1) is 11.0 Å². The van der Waals surface area contributed by atoms with Gasteiger partial charge in [0.25, 0.3) is 0 Å². The molecule has 1 heterocycles. The number of aromatic nitrogens is 2. The Balaban J connectivity index is 2.24. The molecular formula is C16H21ClN2. The van der Waals surface area contributed by atoms with Gasteiger partial charge >= 0.3 is 0 Å². The van der Waals surface area contributed by atoms with E-state index in [1.54, 1.807) is 0 Å². The number of benzene rings is 1. The molecular weight excluding hydrogens is 256 g/mol. The van der Waals surface area contributed by atoms with Crippen molar-refractivity contribution in [1.82, 2.24) is 9.55 Å². The van der Waals surface area contributed by atoms with E-state index >= 15 is 0 Å². The minimum Gasteiger partial charge on any atom is -0.322 e. The van der Waals surface area contributed by atoms with Crippen LogP contribution in [0.5, 0.6) is 0 Å². The van der Waals surface area contributed by atoms with Gasteiger partial charge in [-0.2, -0.15) is 0 Å². The molecule has 0 amide bonds. The second-order valence-electron chi connectivity index (χ2n) is 6.17. The third-order valence-electron chi connectivity index (χ3n) is 4.43. The number of hydrogen-bond donors (Lipinski definition) is 0. The molecule has 0 saturated heterocycles. The van der Waals surface area contributed by atoms with Gasteiger partial charge in [0, 0.05) is 17.8 Å². The van der Waals surface area contributed by atoms with Crippen LogP contribution in [0.4, 0.5) is 0 Å². The lowest BCUT2D eigenvalue weighted by Crippen LogP contribution is -2.30. The van der Waals surface area contributed by atoms with Crippen LogP contribution < -0.4 is 0 Å². The molecule has 1 saturated carbocycles. The van der Waals surface area contributed by atoms with E-state index in [0.717, 1.165) is 23.7 Å². The van der Waals surface area contributed by atoms with Crippen molar-refractivity contribution in [1.29, 1.82) is 0 Å². The summed E-state index contributed by atoms with van der Waals surface area (Å²) in [5, 5.41) is 0. The number of halogens is 1. The topological polar surface area (TPSA) is 17.8 Å². The van der Waals surface area contributed by atoms with Crippen molar-refractivity contribution < 1.29 is 0 Å². The maximum atomic E-state index is 5.97. The molecule has 1 aromatic heterocycles. The molecule has 0 aliphatic heterocycles. The average molecular weight is 277 g/mol. The number of para-hydroxylation sites is 1. The molecule has 1 aliphatic carbocycles. The van der Waals surface area contributed by atoms with Crippen LogP contribution in [-0.4, -0.2) is 15.4 Å². The fourth-order valence-corrected chi connectivity index (χ4v) is 3.32. The van der Waals surface area contributed by atoms with Gasteiger partial charge in [-0.25, -0.2) is 4.98 Å². The van der Waals surface area contributed by atoms with Gasteiger partial charge in [0.15, 0.2) is 0 Å². The number of alkyl halides is 1. The van der Waals surface area contributed by atoms with Crippen LogP contribution in [0.15, 0.2) is 18.2 Å². The molecule has 2 nitrogen and oxygen atoms in total. The van der Waals surface area contributed by atoms with Crippen molar-refractivity contribution in [2.75, 3.05) is 5.88 Å². The first-order chi connectivity index (χ1) is 9.05. The van der Waals surface area contributed by atoms with E-state index in [-0.39, 0.29) is 5.54 Å². The maximum Gasteiger partial charge on any atom is 0.111 e. The molecule has 102 valence electrons. The molecule has 1 fully saturated rings. The fraction of sp³-hybridized carbons (Fsp3) is 0.562. The Morgan fingerprint density at radius 3 is 2.74 bits per heavy atom. The Hall–Kier alpha value is -1.02. The minimum atomic E-state index is 0.143. The van der Waals surface area contributed by atoms with Gasteiger partial charge in [0.2, 0.25) is 0 Å². The molecule has 0 radical (unpaired) electrons. The van der Waals surface area contributed by atoms with E-state index in [4.69, 9.17) is 16.6 Å². The van der Waals surface area contributed by atoms with Crippen LogP contribution in [0, 0.1) is 12.8 Å². The van der Waals surface area contributed by atoms with Crippen LogP contribution in [0.1, 0.15) is 38.1 Å². The summed E-state index contributed by atoms with van der Waals surface area (Å²) in [4.78, 5) is 4.86. The van der Waals surface area contributed by atoms with Crippen molar-refractivity contribution in [3.63, 3.8) is 0 Å². The number of nitrogens with zero attached hydrogens (tertiary/aromatic N) is 2. The van der Waals surface area contributed by atoms with E-state index in [2.05, 4.69) is 43.5 Å². The monoisotopic (exact) mass is 276 g/mol. The van der Waals surface area contributed by atoms with Gasteiger partial charge in [-0.15, -0.1) is 11.6 Å². The number of fused-ring (bicyclic) bond motifs is 1. The van der Waals surface area contributed by atoms with E-state index < -0.39 is 0 Å². The second kappa shape index (κ2) is 4.52. The molecule has 0 bridgehead atoms. The van der Waals surface area contributed by atoms with Crippen molar-refractivity contribution in [3.05, 3.63) is 29.6 Å². The van der Waals surface area contributed by atoms with Gasteiger partial charge in [-0.3, -0.25) is 0 Å². The van der Waals surface area contributed by atoms with E-state index in [1.165, 1.54) is 23.9 Å². The van der Waals surface area contributed by atoms with E-state index in [0.29, 0.717) is 5.88 Å². The van der Waals surface area contributed by atoms with Crippen LogP contribution in [0.2, 0.25) is 0 Å². The number of rotatable bonds is 4. The predicted octanol–water partition coefficient (Wildman–Crippen LogP) is 4.27. The Labute approximate surface area is 119 Å². The standard InChI is InChI=1S/C16H21ClN2/c1-11-5-4-6-13-15(11)18-14(9-10-17)19(13)16(2,3)12-7-8-12/h4-6,12H,7-10H2,1-3H3. The molecule has 0 spiro atoms. The van der Waals surface area contributed by atoms with Crippen molar-refractivity contribution in [2.24, 2.45) is 5.92 Å². The fourth-order valence-electron chi connectivity index (χ4n) is 3.16. The van der Waals surface area contributed by atoms with Gasteiger partial charge in [-0.05, 0) is 51.2 Å². The average Bonchev–Trinajstić information content (AvgIpc) is 3.13. The third kappa shape index (κ3) is 2.06. The third-order valence-corrected chi connectivity index (χ3v) is 4.62. The molecule has 0 unspecified atom stereocenters. The first kappa shape index (κ1) is 13.0. The van der Waals surface area contributed by atoms with Crippen LogP contribution in [0.25, 0.3) is 11.0 Å². The molecule has 3 rings (SSSR count). The molecule has 0 atom stereocenters. The Bertz CT molecular complexity index is 608. The summed E-state index contributed by atoms with van der Waals surface area (Å²) >= 11 is 5.97. The number of imidazole rings is 1. The highest BCUT2D eigenvalue weighted by molar-refractivity contribution is 6.17. The van der Waals surface area contributed by atoms with Crippen molar-refractivity contribution >= 4 is 22.6 Å². The number of hydrogen-bond acceptors (Lipinski definition) is 1. The van der Waals surface area contributed by atoms with Gasteiger partial charge in [0.1, 0.15) is 5.82 Å². The summed E-state index contributed by atoms with van der Waals surface area (Å²) in [6, 6.07) is 6.45. The minimum absolute atomic E-state index is 0.143. The molecule has 3 heteroatoms. The van der Waals surface area contributed by atoms with Gasteiger partial charge in [-0.1, -0.05) is 12.1 Å². The van der Waals surface area contributed by atoms with Crippen LogP contribution >= 0.6 is 11.6 Å². The quantitative estimate of drug-likeness (QED) is 0.763. The lowest BCUT2D eigenvalue weighted by Gasteiger charge is -2.29. The van der Waals surface area contributed by atoms with Gasteiger partial charge < -0.3 is 4.57 Å². The SMILES string of the molecule is Cc1cccc2c1nc(CCCl)n2C(C)(C)C1CC1. The number of aryl methyl sites for hydroxylation is 2. The van der Waals surface area contributed by atoms with Crippen LogP contribution in [-0.2, 0) is 12.0 Å². The van der Waals surface area contributed by atoms with Crippen LogP contribution in [0.3, 0.4) is 0 Å². The molecule has 19 heavy (non-hydrogen) atoms. The Morgan fingerprint density at radius 2 is 2.11 bits per heavy atom. The van der Waals surface area contributed by atoms with Crippen molar-refractivity contribution in [3.8, 4) is 0 Å². The Morgan fingerprint density at radius 1 is 1.37 bits per heavy atom. The van der Waals surface area contributed by atoms with E-state index in [9.17, 15) is 0 Å². The zero-order chi connectivity index (χ0) is 13.6. The highest BCUT2D eigenvalue weighted by Gasteiger charge is 2.41. The molecule has 1 aliphatic rings. The molecule has 2 aromatic rings. The summed E-state index contributed by atoms with van der Waals surface area (Å²) in [6.07, 6.45) is 3.50. The largest absolute Gasteiger partial charge is 0.322 e. The molecule has 1 aromatic carbocycles. The summed E-state index contributed by atoms with van der Waals surface area (Å²) in [6.45, 7) is 6.81. The highest BCUT2D eigenvalue weighted by Crippen LogP contribution is 2.45.